The Kier molecular flexibility index (Phi) is 5.30. The Morgan fingerprint density at radius 1 is 1.04 bits per heavy atom. The van der Waals surface area contributed by atoms with Gasteiger partial charge in [0, 0.05) is 31.3 Å². The summed E-state index contributed by atoms with van der Waals surface area (Å²) < 4.78 is 5.45. The largest absolute Gasteiger partial charge is 0.465 e. The van der Waals surface area contributed by atoms with E-state index in [0.717, 1.165) is 6.42 Å². The average molecular weight is 322 g/mol. The minimum absolute atomic E-state index is 0.110. The van der Waals surface area contributed by atoms with Crippen LogP contribution < -0.4 is 0 Å². The third-order valence-electron chi connectivity index (χ3n) is 5.38. The standard InChI is InChI=1S/C17H26N2O4/c20-15-6-7-16(21)19(15)11-8-17(22)23-12-13-4-3-10-18-9-2-1-5-14(13)18/h13-14H,1-12H2/t13-,14+/m1/s1. The van der Waals surface area contributed by atoms with E-state index < -0.39 is 0 Å². The summed E-state index contributed by atoms with van der Waals surface area (Å²) in [6, 6.07) is 0.562. The molecule has 3 heterocycles. The van der Waals surface area contributed by atoms with Crippen LogP contribution in [0.5, 0.6) is 0 Å². The van der Waals surface area contributed by atoms with Crippen molar-refractivity contribution in [1.82, 2.24) is 9.80 Å². The summed E-state index contributed by atoms with van der Waals surface area (Å²) in [5, 5.41) is 0. The molecule has 3 aliphatic heterocycles. The number of rotatable bonds is 5. The van der Waals surface area contributed by atoms with E-state index in [4.69, 9.17) is 4.74 Å². The molecule has 0 aromatic heterocycles. The van der Waals surface area contributed by atoms with Crippen LogP contribution in [0.25, 0.3) is 0 Å². The lowest BCUT2D eigenvalue weighted by Gasteiger charge is -2.44. The lowest BCUT2D eigenvalue weighted by atomic mass is 9.84. The molecule has 0 aromatic rings. The van der Waals surface area contributed by atoms with Gasteiger partial charge in [0.2, 0.25) is 11.8 Å². The molecular weight excluding hydrogens is 296 g/mol. The number of likely N-dealkylation sites (tertiary alicyclic amines) is 1. The van der Waals surface area contributed by atoms with Crippen LogP contribution in [-0.2, 0) is 19.1 Å². The molecule has 3 saturated heterocycles. The lowest BCUT2D eigenvalue weighted by molar-refractivity contribution is -0.147. The van der Waals surface area contributed by atoms with Gasteiger partial charge >= 0.3 is 5.97 Å². The van der Waals surface area contributed by atoms with Gasteiger partial charge in [0.1, 0.15) is 0 Å². The molecule has 0 spiro atoms. The molecule has 3 aliphatic rings. The van der Waals surface area contributed by atoms with Crippen molar-refractivity contribution in [2.75, 3.05) is 26.2 Å². The van der Waals surface area contributed by atoms with E-state index in [1.54, 1.807) is 0 Å². The quantitative estimate of drug-likeness (QED) is 0.564. The second-order valence-corrected chi connectivity index (χ2v) is 6.87. The smallest absolute Gasteiger partial charge is 0.307 e. The Balaban J connectivity index is 1.41. The summed E-state index contributed by atoms with van der Waals surface area (Å²) in [4.78, 5) is 38.7. The van der Waals surface area contributed by atoms with Gasteiger partial charge in [0.15, 0.2) is 0 Å². The fraction of sp³-hybridized carbons (Fsp3) is 0.824. The number of hydrogen-bond acceptors (Lipinski definition) is 5. The molecule has 2 amide bonds. The van der Waals surface area contributed by atoms with Gasteiger partial charge in [-0.05, 0) is 38.8 Å². The summed E-state index contributed by atoms with van der Waals surface area (Å²) >= 11 is 0. The number of ether oxygens (including phenoxy) is 1. The predicted octanol–water partition coefficient (Wildman–Crippen LogP) is 1.33. The molecule has 0 N–H and O–H groups in total. The van der Waals surface area contributed by atoms with Gasteiger partial charge in [0.05, 0.1) is 13.0 Å². The van der Waals surface area contributed by atoms with Crippen molar-refractivity contribution < 1.29 is 19.1 Å². The summed E-state index contributed by atoms with van der Waals surface area (Å²) in [5.74, 6) is -0.214. The number of fused-ring (bicyclic) bond motifs is 1. The van der Waals surface area contributed by atoms with Gasteiger partial charge in [-0.3, -0.25) is 24.2 Å². The molecule has 6 nitrogen and oxygen atoms in total. The first-order valence-corrected chi connectivity index (χ1v) is 8.88. The topological polar surface area (TPSA) is 66.9 Å². The van der Waals surface area contributed by atoms with E-state index in [-0.39, 0.29) is 43.6 Å². The van der Waals surface area contributed by atoms with Crippen LogP contribution in [0.3, 0.4) is 0 Å². The van der Waals surface area contributed by atoms with Gasteiger partial charge in [-0.1, -0.05) is 6.42 Å². The molecule has 23 heavy (non-hydrogen) atoms. The highest BCUT2D eigenvalue weighted by molar-refractivity contribution is 6.02. The van der Waals surface area contributed by atoms with E-state index in [9.17, 15) is 14.4 Å². The zero-order valence-electron chi connectivity index (χ0n) is 13.7. The van der Waals surface area contributed by atoms with Crippen molar-refractivity contribution >= 4 is 17.8 Å². The fourth-order valence-electron chi connectivity index (χ4n) is 4.12. The molecule has 0 radical (unpaired) electrons. The minimum atomic E-state index is -0.301. The monoisotopic (exact) mass is 322 g/mol. The molecule has 3 fully saturated rings. The van der Waals surface area contributed by atoms with Crippen molar-refractivity contribution in [2.24, 2.45) is 5.92 Å². The highest BCUT2D eigenvalue weighted by atomic mass is 16.5. The normalized spacial score (nSPS) is 28.8. The van der Waals surface area contributed by atoms with Gasteiger partial charge < -0.3 is 4.74 Å². The zero-order valence-corrected chi connectivity index (χ0v) is 13.7. The zero-order chi connectivity index (χ0) is 16.2. The van der Waals surface area contributed by atoms with Crippen molar-refractivity contribution in [2.45, 2.75) is 57.4 Å². The number of esters is 1. The Morgan fingerprint density at radius 2 is 1.78 bits per heavy atom. The summed E-state index contributed by atoms with van der Waals surface area (Å²) in [6.07, 6.45) is 6.71. The van der Waals surface area contributed by atoms with Crippen LogP contribution in [0.2, 0.25) is 0 Å². The number of carbonyl (C=O) groups excluding carboxylic acids is 3. The van der Waals surface area contributed by atoms with Gasteiger partial charge in [0.25, 0.3) is 0 Å². The molecule has 6 heteroatoms. The maximum Gasteiger partial charge on any atom is 0.307 e. The van der Waals surface area contributed by atoms with Crippen LogP contribution in [0.15, 0.2) is 0 Å². The van der Waals surface area contributed by atoms with E-state index in [1.165, 1.54) is 43.7 Å². The van der Waals surface area contributed by atoms with Gasteiger partial charge in [-0.25, -0.2) is 0 Å². The van der Waals surface area contributed by atoms with Crippen LogP contribution >= 0.6 is 0 Å². The van der Waals surface area contributed by atoms with Crippen molar-refractivity contribution in [3.8, 4) is 0 Å². The van der Waals surface area contributed by atoms with Crippen molar-refractivity contribution in [3.63, 3.8) is 0 Å². The first-order valence-electron chi connectivity index (χ1n) is 8.88. The lowest BCUT2D eigenvalue weighted by Crippen LogP contribution is -2.49. The summed E-state index contributed by atoms with van der Waals surface area (Å²) in [5.41, 5.74) is 0. The number of imide groups is 1. The van der Waals surface area contributed by atoms with Crippen LogP contribution in [0, 0.1) is 5.92 Å². The molecular formula is C17H26N2O4. The molecule has 0 saturated carbocycles. The van der Waals surface area contributed by atoms with Crippen molar-refractivity contribution in [3.05, 3.63) is 0 Å². The summed E-state index contributed by atoms with van der Waals surface area (Å²) in [7, 11) is 0. The third-order valence-corrected chi connectivity index (χ3v) is 5.38. The van der Waals surface area contributed by atoms with E-state index >= 15 is 0 Å². The Labute approximate surface area is 137 Å². The van der Waals surface area contributed by atoms with Gasteiger partial charge in [-0.2, -0.15) is 0 Å². The second-order valence-electron chi connectivity index (χ2n) is 6.87. The van der Waals surface area contributed by atoms with E-state index in [0.29, 0.717) is 18.6 Å². The maximum absolute atomic E-state index is 11.9. The first kappa shape index (κ1) is 16.4. The number of nitrogens with zero attached hydrogens (tertiary/aromatic N) is 2. The Morgan fingerprint density at radius 3 is 2.57 bits per heavy atom. The van der Waals surface area contributed by atoms with Crippen LogP contribution in [0.1, 0.15) is 51.4 Å². The molecule has 0 aliphatic carbocycles. The molecule has 128 valence electrons. The minimum Gasteiger partial charge on any atom is -0.465 e. The second kappa shape index (κ2) is 7.43. The number of amides is 2. The third kappa shape index (κ3) is 3.91. The SMILES string of the molecule is O=C(CCN1C(=O)CCC1=O)OC[C@H]1CCCN2CCCC[C@@H]12. The molecule has 0 unspecified atom stereocenters. The molecule has 3 rings (SSSR count). The molecule has 2 atom stereocenters. The number of hydrogen-bond donors (Lipinski definition) is 0. The Bertz CT molecular complexity index is 461. The van der Waals surface area contributed by atoms with Crippen LogP contribution in [-0.4, -0.2) is 59.9 Å². The Hall–Kier alpha value is -1.43. The summed E-state index contributed by atoms with van der Waals surface area (Å²) in [6.45, 7) is 2.99. The maximum atomic E-state index is 11.9. The highest BCUT2D eigenvalue weighted by Gasteiger charge is 2.34. The highest BCUT2D eigenvalue weighted by Crippen LogP contribution is 2.31. The van der Waals surface area contributed by atoms with Crippen molar-refractivity contribution in [1.29, 1.82) is 0 Å². The average Bonchev–Trinajstić information content (AvgIpc) is 2.89. The molecule has 0 aromatic carbocycles. The number of piperidine rings is 2. The van der Waals surface area contributed by atoms with Gasteiger partial charge in [-0.15, -0.1) is 0 Å². The first-order chi connectivity index (χ1) is 11.1. The van der Waals surface area contributed by atoms with Crippen LogP contribution in [0.4, 0.5) is 0 Å². The van der Waals surface area contributed by atoms with E-state index in [2.05, 4.69) is 4.90 Å². The number of carbonyl (C=O) groups is 3. The molecule has 0 bridgehead atoms. The predicted molar refractivity (Wildman–Crippen MR) is 83.5 cm³/mol. The fourth-order valence-corrected chi connectivity index (χ4v) is 4.12. The van der Waals surface area contributed by atoms with E-state index in [1.807, 2.05) is 0 Å².